The minimum atomic E-state index is -3.21. The lowest BCUT2D eigenvalue weighted by molar-refractivity contribution is -0.223. The number of ether oxygens (including phenoxy) is 3. The molecule has 0 spiro atoms. The van der Waals surface area contributed by atoms with Gasteiger partial charge >= 0.3 is 18.0 Å². The lowest BCUT2D eigenvalue weighted by atomic mass is 9.79. The second-order valence-corrected chi connectivity index (χ2v) is 10.3. The van der Waals surface area contributed by atoms with Gasteiger partial charge in [0.05, 0.1) is 24.7 Å². The molecule has 2 aromatic carbocycles. The van der Waals surface area contributed by atoms with E-state index in [4.69, 9.17) is 25.7 Å². The molecule has 0 unspecified atom stereocenters. The van der Waals surface area contributed by atoms with E-state index in [0.717, 1.165) is 32.1 Å². The fraction of sp³-hybridized carbons (Fsp3) is 0.484. The average molecular weight is 559 g/mol. The molecule has 1 saturated carbocycles. The molecule has 218 valence electrons. The number of anilines is 2. The maximum Gasteiger partial charge on any atom is 0.400 e. The third-order valence-corrected chi connectivity index (χ3v) is 7.06. The summed E-state index contributed by atoms with van der Waals surface area (Å²) >= 11 is 0. The largest absolute Gasteiger partial charge is 0.463 e. The molecule has 0 aliphatic heterocycles. The summed E-state index contributed by atoms with van der Waals surface area (Å²) in [5, 5.41) is 0. The molecule has 9 heteroatoms. The Hall–Kier alpha value is -3.62. The molecule has 40 heavy (non-hydrogen) atoms. The van der Waals surface area contributed by atoms with Gasteiger partial charge in [0.1, 0.15) is 5.75 Å². The van der Waals surface area contributed by atoms with Crippen LogP contribution in [0.4, 0.5) is 20.2 Å². The fourth-order valence-electron chi connectivity index (χ4n) is 4.80. The minimum absolute atomic E-state index is 0.0951. The Balaban J connectivity index is 1.33. The summed E-state index contributed by atoms with van der Waals surface area (Å²) in [6, 6.07) is 10.7. The SMILES string of the molecule is CCCCC1CCC(C(F)(F)Oc2ccc(C=CC(=O)OCCCCOC(=O)c3cc(N)cc(N)c3)cc2)CC1. The van der Waals surface area contributed by atoms with Crippen molar-refractivity contribution in [3.05, 3.63) is 59.7 Å². The van der Waals surface area contributed by atoms with Gasteiger partial charge in [-0.05, 0) is 86.4 Å². The Bertz CT molecular complexity index is 1110. The van der Waals surface area contributed by atoms with E-state index >= 15 is 0 Å². The van der Waals surface area contributed by atoms with Crippen LogP contribution >= 0.6 is 0 Å². The zero-order valence-corrected chi connectivity index (χ0v) is 23.1. The Morgan fingerprint density at radius 2 is 1.55 bits per heavy atom. The second-order valence-electron chi connectivity index (χ2n) is 10.3. The topological polar surface area (TPSA) is 114 Å². The predicted octanol–water partition coefficient (Wildman–Crippen LogP) is 7.01. The number of carbonyl (C=O) groups is 2. The molecule has 1 aliphatic rings. The molecule has 7 nitrogen and oxygen atoms in total. The van der Waals surface area contributed by atoms with E-state index in [9.17, 15) is 18.4 Å². The molecule has 3 rings (SSSR count). The van der Waals surface area contributed by atoms with Crippen molar-refractivity contribution < 1.29 is 32.6 Å². The minimum Gasteiger partial charge on any atom is -0.463 e. The second kappa shape index (κ2) is 15.2. The number of unbranched alkanes of at least 4 members (excludes halogenated alkanes) is 2. The quantitative estimate of drug-likeness (QED) is 0.111. The maximum atomic E-state index is 14.7. The Labute approximate surface area is 234 Å². The number of hydrogen-bond donors (Lipinski definition) is 2. The first kappa shape index (κ1) is 30.9. The molecule has 1 fully saturated rings. The third kappa shape index (κ3) is 10.2. The van der Waals surface area contributed by atoms with E-state index in [2.05, 4.69) is 6.92 Å². The molecule has 2 aromatic rings. The van der Waals surface area contributed by atoms with Gasteiger partial charge in [0.25, 0.3) is 0 Å². The first-order chi connectivity index (χ1) is 19.2. The summed E-state index contributed by atoms with van der Waals surface area (Å²) in [5.41, 5.74) is 13.0. The predicted molar refractivity (Wildman–Crippen MR) is 152 cm³/mol. The van der Waals surface area contributed by atoms with Gasteiger partial charge in [-0.1, -0.05) is 38.3 Å². The summed E-state index contributed by atoms with van der Waals surface area (Å²) in [6.07, 6.45) is 6.65. The molecule has 0 atom stereocenters. The Kier molecular flexibility index (Phi) is 11.8. The number of nitrogens with two attached hydrogens (primary N) is 2. The number of hydrogen-bond acceptors (Lipinski definition) is 7. The molecule has 0 aromatic heterocycles. The number of nitrogen functional groups attached to an aromatic ring is 2. The van der Waals surface area contributed by atoms with Crippen LogP contribution in [0.2, 0.25) is 0 Å². The number of carbonyl (C=O) groups excluding carboxylic acids is 2. The summed E-state index contributed by atoms with van der Waals surface area (Å²) in [4.78, 5) is 24.0. The van der Waals surface area contributed by atoms with Crippen molar-refractivity contribution in [2.45, 2.75) is 70.8 Å². The van der Waals surface area contributed by atoms with Crippen molar-refractivity contribution in [1.82, 2.24) is 0 Å². The van der Waals surface area contributed by atoms with Crippen LogP contribution in [0.25, 0.3) is 6.08 Å². The van der Waals surface area contributed by atoms with Crippen LogP contribution in [0.1, 0.15) is 80.6 Å². The molecule has 0 amide bonds. The molecule has 0 saturated heterocycles. The molecule has 4 N–H and O–H groups in total. The van der Waals surface area contributed by atoms with Crippen LogP contribution < -0.4 is 16.2 Å². The maximum absolute atomic E-state index is 14.7. The van der Waals surface area contributed by atoms with E-state index in [1.54, 1.807) is 24.3 Å². The van der Waals surface area contributed by atoms with Gasteiger partial charge in [0, 0.05) is 17.5 Å². The smallest absolute Gasteiger partial charge is 0.400 e. The van der Waals surface area contributed by atoms with Crippen LogP contribution in [-0.2, 0) is 14.3 Å². The van der Waals surface area contributed by atoms with Gasteiger partial charge in [0.15, 0.2) is 0 Å². The molecular formula is C31H40F2N2O5. The van der Waals surface area contributed by atoms with Gasteiger partial charge in [-0.15, -0.1) is 0 Å². The zero-order chi connectivity index (χ0) is 29.0. The van der Waals surface area contributed by atoms with Crippen molar-refractivity contribution >= 4 is 29.4 Å². The van der Waals surface area contributed by atoms with E-state index in [-0.39, 0.29) is 24.5 Å². The van der Waals surface area contributed by atoms with Gasteiger partial charge in [-0.25, -0.2) is 9.59 Å². The zero-order valence-electron chi connectivity index (χ0n) is 23.1. The van der Waals surface area contributed by atoms with E-state index in [1.807, 2.05) is 0 Å². The van der Waals surface area contributed by atoms with Crippen molar-refractivity contribution in [2.24, 2.45) is 11.8 Å². The standard InChI is InChI=1S/C31H40F2N2O5/c1-2-3-6-22-7-12-25(13-8-22)31(32,33)40-28-14-9-23(10-15-28)11-16-29(36)38-17-4-5-18-39-30(37)24-19-26(34)21-27(35)20-24/h9-11,14-16,19-22,25H,2-8,12-13,17-18,34-35H2,1H3. The van der Waals surface area contributed by atoms with E-state index in [1.165, 1.54) is 30.3 Å². The number of halogens is 2. The summed E-state index contributed by atoms with van der Waals surface area (Å²) < 4.78 is 44.9. The van der Waals surface area contributed by atoms with Crippen LogP contribution in [0, 0.1) is 11.8 Å². The van der Waals surface area contributed by atoms with Gasteiger partial charge in [0.2, 0.25) is 0 Å². The van der Waals surface area contributed by atoms with Gasteiger partial charge in [-0.2, -0.15) is 8.78 Å². The van der Waals surface area contributed by atoms with Crippen molar-refractivity contribution in [1.29, 1.82) is 0 Å². The first-order valence-corrected chi connectivity index (χ1v) is 14.0. The Morgan fingerprint density at radius 1 is 0.925 bits per heavy atom. The van der Waals surface area contributed by atoms with Crippen molar-refractivity contribution in [2.75, 3.05) is 24.7 Å². The van der Waals surface area contributed by atoms with E-state index in [0.29, 0.717) is 48.5 Å². The first-order valence-electron chi connectivity index (χ1n) is 14.0. The van der Waals surface area contributed by atoms with Gasteiger partial charge < -0.3 is 25.7 Å². The fourth-order valence-corrected chi connectivity index (χ4v) is 4.80. The monoisotopic (exact) mass is 558 g/mol. The lowest BCUT2D eigenvalue weighted by Gasteiger charge is -2.33. The molecule has 0 bridgehead atoms. The number of rotatable bonds is 14. The van der Waals surface area contributed by atoms with Gasteiger partial charge in [-0.3, -0.25) is 0 Å². The highest BCUT2D eigenvalue weighted by Gasteiger charge is 2.43. The van der Waals surface area contributed by atoms with Crippen LogP contribution in [0.3, 0.4) is 0 Å². The van der Waals surface area contributed by atoms with Crippen molar-refractivity contribution in [3.63, 3.8) is 0 Å². The summed E-state index contributed by atoms with van der Waals surface area (Å²) in [5.74, 6) is -1.18. The molecule has 0 radical (unpaired) electrons. The average Bonchev–Trinajstić information content (AvgIpc) is 2.92. The normalized spacial score (nSPS) is 17.5. The van der Waals surface area contributed by atoms with Crippen LogP contribution in [0.15, 0.2) is 48.5 Å². The van der Waals surface area contributed by atoms with Crippen molar-refractivity contribution in [3.8, 4) is 5.75 Å². The Morgan fingerprint density at radius 3 is 2.17 bits per heavy atom. The van der Waals surface area contributed by atoms with E-state index < -0.39 is 24.0 Å². The molecular weight excluding hydrogens is 518 g/mol. The summed E-state index contributed by atoms with van der Waals surface area (Å²) in [6.45, 7) is 2.47. The van der Waals surface area contributed by atoms with Crippen LogP contribution in [-0.4, -0.2) is 31.3 Å². The number of esters is 2. The highest BCUT2D eigenvalue weighted by atomic mass is 19.3. The number of alkyl halides is 2. The molecule has 1 aliphatic carbocycles. The number of benzene rings is 2. The highest BCUT2D eigenvalue weighted by Crippen LogP contribution is 2.41. The highest BCUT2D eigenvalue weighted by molar-refractivity contribution is 5.91. The summed E-state index contributed by atoms with van der Waals surface area (Å²) in [7, 11) is 0. The third-order valence-electron chi connectivity index (χ3n) is 7.06. The molecule has 0 heterocycles. The lowest BCUT2D eigenvalue weighted by Crippen LogP contribution is -2.37. The van der Waals surface area contributed by atoms with Crippen LogP contribution in [0.5, 0.6) is 5.75 Å².